The first kappa shape index (κ1) is 22.2. The number of hydrogen-bond donors (Lipinski definition) is 0. The molecule has 0 N–H and O–H groups in total. The third-order valence-electron chi connectivity index (χ3n) is 5.95. The van der Waals surface area contributed by atoms with Crippen LogP contribution in [0.15, 0.2) is 72.1 Å². The van der Waals surface area contributed by atoms with Crippen LogP contribution in [0.3, 0.4) is 0 Å². The number of aryl methyl sites for hydroxylation is 1. The van der Waals surface area contributed by atoms with Crippen molar-refractivity contribution in [1.82, 2.24) is 14.7 Å². The number of nitrogens with zero attached hydrogens (tertiary/aromatic N) is 3. The van der Waals surface area contributed by atoms with Crippen LogP contribution in [0, 0.1) is 5.92 Å². The Hall–Kier alpha value is -3.58. The fraction of sp³-hybridized carbons (Fsp3) is 0.259. The van der Waals surface area contributed by atoms with Gasteiger partial charge in [-0.1, -0.05) is 48.5 Å². The Morgan fingerprint density at radius 3 is 2.47 bits per heavy atom. The summed E-state index contributed by atoms with van der Waals surface area (Å²) in [6.07, 6.45) is 2.33. The smallest absolute Gasteiger partial charge is 0.264 e. The van der Waals surface area contributed by atoms with Crippen LogP contribution in [-0.2, 0) is 13.6 Å². The quantitative estimate of drug-likeness (QED) is 0.299. The maximum Gasteiger partial charge on any atom is 0.264 e. The first-order chi connectivity index (χ1) is 16.6. The van der Waals surface area contributed by atoms with Crippen LogP contribution >= 0.6 is 11.3 Å². The second-order valence-corrected chi connectivity index (χ2v) is 9.43. The standard InChI is InChI=1S/C27H27N3O3S/c1-29-27(33-23-12-7-6-11-22(23)32-2)21(25(28-29)20-9-4-3-5-10-20)18-30(17-19-14-15-19)26(31)24-13-8-16-34-24/h3-13,16,19H,14-15,17-18H2,1-2H3. The Bertz CT molecular complexity index is 1260. The van der Waals surface area contributed by atoms with Gasteiger partial charge in [0.05, 0.1) is 24.1 Å². The van der Waals surface area contributed by atoms with Gasteiger partial charge in [0.15, 0.2) is 11.5 Å². The highest BCUT2D eigenvalue weighted by atomic mass is 32.1. The second kappa shape index (κ2) is 9.73. The molecule has 2 aromatic heterocycles. The second-order valence-electron chi connectivity index (χ2n) is 8.48. The number of ether oxygens (including phenoxy) is 2. The minimum absolute atomic E-state index is 0.0491. The van der Waals surface area contributed by atoms with Crippen LogP contribution in [0.5, 0.6) is 17.4 Å². The Labute approximate surface area is 203 Å². The van der Waals surface area contributed by atoms with Crippen molar-refractivity contribution in [2.75, 3.05) is 13.7 Å². The minimum atomic E-state index is 0.0491. The highest BCUT2D eigenvalue weighted by Gasteiger charge is 2.31. The lowest BCUT2D eigenvalue weighted by atomic mass is 10.1. The zero-order valence-electron chi connectivity index (χ0n) is 19.3. The minimum Gasteiger partial charge on any atom is -0.493 e. The lowest BCUT2D eigenvalue weighted by Crippen LogP contribution is -2.32. The lowest BCUT2D eigenvalue weighted by Gasteiger charge is -2.23. The molecule has 4 aromatic rings. The average Bonchev–Trinajstić information content (AvgIpc) is 3.41. The van der Waals surface area contributed by atoms with Crippen LogP contribution in [-0.4, -0.2) is 34.2 Å². The molecule has 0 unspecified atom stereocenters. The SMILES string of the molecule is COc1ccccc1Oc1c(CN(CC2CC2)C(=O)c2cccs2)c(-c2ccccc2)nn1C. The molecule has 6 nitrogen and oxygen atoms in total. The van der Waals surface area contributed by atoms with Gasteiger partial charge in [-0.2, -0.15) is 5.10 Å². The number of methoxy groups -OCH3 is 1. The normalized spacial score (nSPS) is 13.0. The van der Waals surface area contributed by atoms with E-state index in [1.165, 1.54) is 11.3 Å². The van der Waals surface area contributed by atoms with Crippen molar-refractivity contribution in [2.45, 2.75) is 19.4 Å². The van der Waals surface area contributed by atoms with Crippen LogP contribution < -0.4 is 9.47 Å². The molecule has 0 saturated heterocycles. The third-order valence-corrected chi connectivity index (χ3v) is 6.81. The summed E-state index contributed by atoms with van der Waals surface area (Å²) >= 11 is 1.48. The largest absolute Gasteiger partial charge is 0.493 e. The fourth-order valence-electron chi connectivity index (χ4n) is 4.04. The van der Waals surface area contributed by atoms with Gasteiger partial charge < -0.3 is 14.4 Å². The number of hydrogen-bond acceptors (Lipinski definition) is 5. The van der Waals surface area contributed by atoms with Gasteiger partial charge in [-0.3, -0.25) is 4.79 Å². The zero-order valence-corrected chi connectivity index (χ0v) is 20.1. The number of carbonyl (C=O) groups excluding carboxylic acids is 1. The highest BCUT2D eigenvalue weighted by molar-refractivity contribution is 7.12. The predicted octanol–water partition coefficient (Wildman–Crippen LogP) is 6.00. The van der Waals surface area contributed by atoms with E-state index in [9.17, 15) is 4.79 Å². The molecule has 1 aliphatic rings. The Kier molecular flexibility index (Phi) is 6.36. The van der Waals surface area contributed by atoms with Gasteiger partial charge in [-0.15, -0.1) is 11.3 Å². The summed E-state index contributed by atoms with van der Waals surface area (Å²) in [4.78, 5) is 16.1. The van der Waals surface area contributed by atoms with Crippen molar-refractivity contribution in [1.29, 1.82) is 0 Å². The monoisotopic (exact) mass is 473 g/mol. The first-order valence-corrected chi connectivity index (χ1v) is 12.3. The molecule has 7 heteroatoms. The zero-order chi connectivity index (χ0) is 23.5. The van der Waals surface area contributed by atoms with Gasteiger partial charge in [-0.25, -0.2) is 4.68 Å². The third kappa shape index (κ3) is 4.70. The summed E-state index contributed by atoms with van der Waals surface area (Å²) in [6, 6.07) is 21.4. The van der Waals surface area contributed by atoms with Crippen molar-refractivity contribution in [3.63, 3.8) is 0 Å². The van der Waals surface area contributed by atoms with Gasteiger partial charge in [-0.05, 0) is 42.3 Å². The number of aromatic nitrogens is 2. The molecule has 5 rings (SSSR count). The number of para-hydroxylation sites is 2. The van der Waals surface area contributed by atoms with E-state index in [-0.39, 0.29) is 5.91 Å². The molecule has 0 radical (unpaired) electrons. The fourth-order valence-corrected chi connectivity index (χ4v) is 4.73. The van der Waals surface area contributed by atoms with E-state index in [1.54, 1.807) is 11.8 Å². The van der Waals surface area contributed by atoms with E-state index < -0.39 is 0 Å². The molecule has 174 valence electrons. The molecule has 1 aliphatic carbocycles. The first-order valence-electron chi connectivity index (χ1n) is 11.4. The topological polar surface area (TPSA) is 56.6 Å². The van der Waals surface area contributed by atoms with Crippen molar-refractivity contribution >= 4 is 17.2 Å². The van der Waals surface area contributed by atoms with Crippen molar-refractivity contribution in [3.8, 4) is 28.6 Å². The summed E-state index contributed by atoms with van der Waals surface area (Å²) < 4.78 is 13.6. The maximum atomic E-state index is 13.4. The van der Waals surface area contributed by atoms with E-state index >= 15 is 0 Å². The molecule has 2 aromatic carbocycles. The van der Waals surface area contributed by atoms with Gasteiger partial charge in [0.1, 0.15) is 5.69 Å². The summed E-state index contributed by atoms with van der Waals surface area (Å²) in [5, 5.41) is 6.76. The molecule has 0 atom stereocenters. The van der Waals surface area contributed by atoms with Gasteiger partial charge in [0.25, 0.3) is 5.91 Å². The van der Waals surface area contributed by atoms with E-state index in [2.05, 4.69) is 0 Å². The predicted molar refractivity (Wildman–Crippen MR) is 133 cm³/mol. The highest BCUT2D eigenvalue weighted by Crippen LogP contribution is 2.38. The number of benzene rings is 2. The summed E-state index contributed by atoms with van der Waals surface area (Å²) in [5.41, 5.74) is 2.68. The molecular weight excluding hydrogens is 446 g/mol. The van der Waals surface area contributed by atoms with Crippen LogP contribution in [0.25, 0.3) is 11.3 Å². The molecule has 1 amide bonds. The lowest BCUT2D eigenvalue weighted by molar-refractivity contribution is 0.0739. The number of carbonyl (C=O) groups is 1. The molecular formula is C27H27N3O3S. The van der Waals surface area contributed by atoms with Gasteiger partial charge in [0.2, 0.25) is 5.88 Å². The van der Waals surface area contributed by atoms with Crippen LogP contribution in [0.2, 0.25) is 0 Å². The van der Waals surface area contributed by atoms with E-state index in [0.717, 1.165) is 41.1 Å². The summed E-state index contributed by atoms with van der Waals surface area (Å²) in [5.74, 6) is 2.45. The average molecular weight is 474 g/mol. The molecule has 0 spiro atoms. The van der Waals surface area contributed by atoms with Crippen molar-refractivity contribution in [3.05, 3.63) is 82.6 Å². The molecule has 2 heterocycles. The Morgan fingerprint density at radius 1 is 1.06 bits per heavy atom. The Morgan fingerprint density at radius 2 is 1.79 bits per heavy atom. The summed E-state index contributed by atoms with van der Waals surface area (Å²) in [7, 11) is 3.49. The van der Waals surface area contributed by atoms with E-state index in [0.29, 0.717) is 29.8 Å². The molecule has 1 fully saturated rings. The van der Waals surface area contributed by atoms with Crippen molar-refractivity contribution < 1.29 is 14.3 Å². The van der Waals surface area contributed by atoms with Crippen LogP contribution in [0.1, 0.15) is 28.1 Å². The van der Waals surface area contributed by atoms with Gasteiger partial charge >= 0.3 is 0 Å². The Balaban J connectivity index is 1.57. The molecule has 34 heavy (non-hydrogen) atoms. The molecule has 1 saturated carbocycles. The molecule has 0 bridgehead atoms. The maximum absolute atomic E-state index is 13.4. The number of amides is 1. The summed E-state index contributed by atoms with van der Waals surface area (Å²) in [6.45, 7) is 1.14. The number of rotatable bonds is 9. The van der Waals surface area contributed by atoms with E-state index in [4.69, 9.17) is 14.6 Å². The van der Waals surface area contributed by atoms with Crippen molar-refractivity contribution in [2.24, 2.45) is 13.0 Å². The number of thiophene rings is 1. The van der Waals surface area contributed by atoms with Gasteiger partial charge in [0, 0.05) is 19.2 Å². The van der Waals surface area contributed by atoms with Crippen LogP contribution in [0.4, 0.5) is 0 Å². The van der Waals surface area contributed by atoms with E-state index in [1.807, 2.05) is 84.1 Å². The molecule has 0 aliphatic heterocycles.